The van der Waals surface area contributed by atoms with Crippen LogP contribution in [-0.4, -0.2) is 39.4 Å². The van der Waals surface area contributed by atoms with Crippen molar-refractivity contribution >= 4 is 11.8 Å². The summed E-state index contributed by atoms with van der Waals surface area (Å²) in [5.41, 5.74) is 0. The minimum Gasteiger partial charge on any atom is -0.384 e. The van der Waals surface area contributed by atoms with Crippen LogP contribution >= 0.6 is 11.8 Å². The van der Waals surface area contributed by atoms with E-state index in [2.05, 4.69) is 6.26 Å². The molecule has 0 aromatic carbocycles. The molecule has 0 radical (unpaired) electrons. The molecular formula is C7H16O2S. The van der Waals surface area contributed by atoms with Crippen molar-refractivity contribution in [3.8, 4) is 0 Å². The maximum atomic E-state index is 5.02. The van der Waals surface area contributed by atoms with Crippen LogP contribution in [0.3, 0.4) is 0 Å². The van der Waals surface area contributed by atoms with Gasteiger partial charge in [-0.3, -0.25) is 0 Å². The third kappa shape index (κ3) is 5.09. The van der Waals surface area contributed by atoms with Crippen LogP contribution in [0.4, 0.5) is 0 Å². The van der Waals surface area contributed by atoms with Crippen molar-refractivity contribution in [2.24, 2.45) is 5.92 Å². The van der Waals surface area contributed by atoms with Crippen LogP contribution in [0.5, 0.6) is 0 Å². The van der Waals surface area contributed by atoms with Gasteiger partial charge in [-0.05, 0) is 6.26 Å². The zero-order valence-corrected chi connectivity index (χ0v) is 7.74. The highest BCUT2D eigenvalue weighted by Crippen LogP contribution is 2.05. The van der Waals surface area contributed by atoms with Crippen LogP contribution in [0.2, 0.25) is 0 Å². The molecule has 0 heterocycles. The fourth-order valence-corrected chi connectivity index (χ4v) is 1.52. The molecular weight excluding hydrogens is 148 g/mol. The van der Waals surface area contributed by atoms with Gasteiger partial charge in [0.1, 0.15) is 0 Å². The first kappa shape index (κ1) is 10.3. The first-order valence-electron chi connectivity index (χ1n) is 3.32. The normalized spacial score (nSPS) is 10.8. The van der Waals surface area contributed by atoms with E-state index < -0.39 is 0 Å². The van der Waals surface area contributed by atoms with Gasteiger partial charge in [0.25, 0.3) is 0 Å². The van der Waals surface area contributed by atoms with E-state index in [9.17, 15) is 0 Å². The van der Waals surface area contributed by atoms with Crippen LogP contribution in [0, 0.1) is 5.92 Å². The summed E-state index contributed by atoms with van der Waals surface area (Å²) in [6, 6.07) is 0. The van der Waals surface area contributed by atoms with E-state index in [1.165, 1.54) is 0 Å². The molecule has 0 atom stereocenters. The van der Waals surface area contributed by atoms with E-state index >= 15 is 0 Å². The molecule has 0 unspecified atom stereocenters. The smallest absolute Gasteiger partial charge is 0.0520 e. The number of thioether (sulfide) groups is 1. The van der Waals surface area contributed by atoms with Crippen molar-refractivity contribution < 1.29 is 9.47 Å². The fourth-order valence-electron chi connectivity index (χ4n) is 0.851. The zero-order chi connectivity index (χ0) is 7.82. The molecule has 0 rings (SSSR count). The first-order valence-corrected chi connectivity index (χ1v) is 4.71. The van der Waals surface area contributed by atoms with Gasteiger partial charge in [-0.1, -0.05) is 0 Å². The van der Waals surface area contributed by atoms with Gasteiger partial charge in [0, 0.05) is 25.9 Å². The number of hydrogen-bond donors (Lipinski definition) is 0. The van der Waals surface area contributed by atoms with Crippen molar-refractivity contribution in [3.05, 3.63) is 0 Å². The quantitative estimate of drug-likeness (QED) is 0.589. The van der Waals surface area contributed by atoms with E-state index in [-0.39, 0.29) is 0 Å². The SMILES string of the molecule is COCC(COC)CSC. The minimum atomic E-state index is 0.546. The molecule has 0 fully saturated rings. The summed E-state index contributed by atoms with van der Waals surface area (Å²) in [7, 11) is 3.45. The molecule has 2 nitrogen and oxygen atoms in total. The fraction of sp³-hybridized carbons (Fsp3) is 1.00. The highest BCUT2D eigenvalue weighted by Gasteiger charge is 2.05. The van der Waals surface area contributed by atoms with Crippen molar-refractivity contribution in [3.63, 3.8) is 0 Å². The second-order valence-electron chi connectivity index (χ2n) is 2.23. The Balaban J connectivity index is 3.30. The first-order chi connectivity index (χ1) is 4.85. The Hall–Kier alpha value is 0.270. The molecule has 0 amide bonds. The van der Waals surface area contributed by atoms with Crippen molar-refractivity contribution in [2.75, 3.05) is 39.4 Å². The second kappa shape index (κ2) is 7.38. The molecule has 0 aromatic rings. The largest absolute Gasteiger partial charge is 0.384 e. The minimum absolute atomic E-state index is 0.546. The predicted molar refractivity (Wildman–Crippen MR) is 45.6 cm³/mol. The second-order valence-corrected chi connectivity index (χ2v) is 3.14. The molecule has 62 valence electrons. The molecule has 0 N–H and O–H groups in total. The lowest BCUT2D eigenvalue weighted by molar-refractivity contribution is 0.0953. The van der Waals surface area contributed by atoms with Crippen molar-refractivity contribution in [1.29, 1.82) is 0 Å². The molecule has 0 aromatic heterocycles. The molecule has 3 heteroatoms. The highest BCUT2D eigenvalue weighted by molar-refractivity contribution is 7.98. The number of methoxy groups -OCH3 is 2. The maximum absolute atomic E-state index is 5.02. The summed E-state index contributed by atoms with van der Waals surface area (Å²) in [5, 5.41) is 0. The van der Waals surface area contributed by atoms with E-state index in [4.69, 9.17) is 9.47 Å². The zero-order valence-electron chi connectivity index (χ0n) is 6.92. The Kier molecular flexibility index (Phi) is 7.58. The van der Waals surface area contributed by atoms with Crippen LogP contribution < -0.4 is 0 Å². The molecule has 10 heavy (non-hydrogen) atoms. The van der Waals surface area contributed by atoms with Gasteiger partial charge in [-0.15, -0.1) is 0 Å². The van der Waals surface area contributed by atoms with Gasteiger partial charge in [-0.25, -0.2) is 0 Å². The molecule has 0 saturated carbocycles. The van der Waals surface area contributed by atoms with Crippen molar-refractivity contribution in [1.82, 2.24) is 0 Å². The Morgan fingerprint density at radius 2 is 1.70 bits per heavy atom. The lowest BCUT2D eigenvalue weighted by atomic mass is 10.2. The van der Waals surface area contributed by atoms with E-state index in [1.807, 2.05) is 11.8 Å². The average molecular weight is 164 g/mol. The summed E-state index contributed by atoms with van der Waals surface area (Å²) in [6.45, 7) is 1.60. The lowest BCUT2D eigenvalue weighted by Gasteiger charge is -2.12. The lowest BCUT2D eigenvalue weighted by Crippen LogP contribution is -2.16. The van der Waals surface area contributed by atoms with Crippen LogP contribution in [0.25, 0.3) is 0 Å². The number of hydrogen-bond acceptors (Lipinski definition) is 3. The van der Waals surface area contributed by atoms with Gasteiger partial charge in [0.15, 0.2) is 0 Å². The highest BCUT2D eigenvalue weighted by atomic mass is 32.2. The average Bonchev–Trinajstić information content (AvgIpc) is 1.90. The van der Waals surface area contributed by atoms with Gasteiger partial charge in [0.2, 0.25) is 0 Å². The van der Waals surface area contributed by atoms with Gasteiger partial charge >= 0.3 is 0 Å². The molecule has 0 bridgehead atoms. The molecule has 0 aliphatic rings. The Morgan fingerprint density at radius 3 is 2.00 bits per heavy atom. The van der Waals surface area contributed by atoms with Crippen LogP contribution in [0.15, 0.2) is 0 Å². The van der Waals surface area contributed by atoms with Gasteiger partial charge in [0.05, 0.1) is 13.2 Å². The van der Waals surface area contributed by atoms with Gasteiger partial charge in [-0.2, -0.15) is 11.8 Å². The summed E-state index contributed by atoms with van der Waals surface area (Å²) in [5.74, 6) is 1.66. The van der Waals surface area contributed by atoms with E-state index in [0.29, 0.717) is 5.92 Å². The third-order valence-electron chi connectivity index (χ3n) is 1.21. The third-order valence-corrected chi connectivity index (χ3v) is 2.01. The summed E-state index contributed by atoms with van der Waals surface area (Å²) in [4.78, 5) is 0. The predicted octanol–water partition coefficient (Wildman–Crippen LogP) is 1.26. The van der Waals surface area contributed by atoms with Crippen LogP contribution in [0.1, 0.15) is 0 Å². The Bertz CT molecular complexity index is 54.4. The molecule has 0 aliphatic heterocycles. The Morgan fingerprint density at radius 1 is 1.20 bits per heavy atom. The van der Waals surface area contributed by atoms with E-state index in [1.54, 1.807) is 14.2 Å². The van der Waals surface area contributed by atoms with E-state index in [0.717, 1.165) is 19.0 Å². The molecule has 0 saturated heterocycles. The topological polar surface area (TPSA) is 18.5 Å². The maximum Gasteiger partial charge on any atom is 0.0520 e. The molecule has 0 aliphatic carbocycles. The van der Waals surface area contributed by atoms with Crippen LogP contribution in [-0.2, 0) is 9.47 Å². The number of rotatable bonds is 6. The standard InChI is InChI=1S/C7H16O2S/c1-8-4-7(5-9-2)6-10-3/h7H,4-6H2,1-3H3. The monoisotopic (exact) mass is 164 g/mol. The number of ether oxygens (including phenoxy) is 2. The van der Waals surface area contributed by atoms with Gasteiger partial charge < -0.3 is 9.47 Å². The molecule has 0 spiro atoms. The van der Waals surface area contributed by atoms with Crippen molar-refractivity contribution in [2.45, 2.75) is 0 Å². The summed E-state index contributed by atoms with van der Waals surface area (Å²) >= 11 is 1.83. The Labute approximate surface area is 67.3 Å². The summed E-state index contributed by atoms with van der Waals surface area (Å²) < 4.78 is 10.0. The summed E-state index contributed by atoms with van der Waals surface area (Å²) in [6.07, 6.45) is 2.10.